The smallest absolute Gasteiger partial charge is 0.472 e. The zero-order chi connectivity index (χ0) is 44.0. The van der Waals surface area contributed by atoms with Gasteiger partial charge in [-0.3, -0.25) is 18.6 Å². The van der Waals surface area contributed by atoms with Crippen molar-refractivity contribution in [1.82, 2.24) is 0 Å². The van der Waals surface area contributed by atoms with Gasteiger partial charge in [0.05, 0.1) is 19.8 Å². The number of unbranched alkanes of at least 4 members (excludes halogenated alkanes) is 15. The summed E-state index contributed by atoms with van der Waals surface area (Å²) in [5.41, 5.74) is 5.36. The summed E-state index contributed by atoms with van der Waals surface area (Å²) >= 11 is 0. The van der Waals surface area contributed by atoms with Gasteiger partial charge in [0.15, 0.2) is 0 Å². The number of rotatable bonds is 43. The number of hydrogen-bond donors (Lipinski definition) is 3. The summed E-state index contributed by atoms with van der Waals surface area (Å²) < 4.78 is 33.4. The van der Waals surface area contributed by atoms with Crippen molar-refractivity contribution in [1.29, 1.82) is 0 Å². The van der Waals surface area contributed by atoms with E-state index in [4.69, 9.17) is 29.4 Å². The van der Waals surface area contributed by atoms with E-state index in [9.17, 15) is 19.0 Å². The molecular weight excluding hydrogens is 778 g/mol. The number of aliphatic carboxylic acids is 1. The van der Waals surface area contributed by atoms with Crippen LogP contribution in [0.4, 0.5) is 0 Å². The second kappa shape index (κ2) is 44.2. The Labute approximate surface area is 365 Å². The molecule has 60 heavy (non-hydrogen) atoms. The third-order valence-corrected chi connectivity index (χ3v) is 10.4. The van der Waals surface area contributed by atoms with Gasteiger partial charge in [0, 0.05) is 13.0 Å². The molecule has 0 radical (unpaired) electrons. The summed E-state index contributed by atoms with van der Waals surface area (Å²) in [6, 6.07) is -1.48. The molecule has 0 aromatic rings. The van der Waals surface area contributed by atoms with Crippen LogP contribution >= 0.6 is 7.82 Å². The molecule has 0 amide bonds. The number of carbonyl (C=O) groups excluding carboxylic acids is 1. The fourth-order valence-electron chi connectivity index (χ4n) is 5.84. The molecule has 0 spiro atoms. The lowest BCUT2D eigenvalue weighted by Crippen LogP contribution is -2.34. The van der Waals surface area contributed by atoms with Gasteiger partial charge < -0.3 is 25.2 Å². The van der Waals surface area contributed by atoms with Crippen LogP contribution in [-0.4, -0.2) is 60.5 Å². The lowest BCUT2D eigenvalue weighted by Gasteiger charge is -2.20. The maximum absolute atomic E-state index is 12.7. The van der Waals surface area contributed by atoms with E-state index in [0.717, 1.165) is 96.3 Å². The molecule has 0 bridgehead atoms. The Kier molecular flexibility index (Phi) is 42.1. The van der Waals surface area contributed by atoms with Crippen LogP contribution in [0.2, 0.25) is 0 Å². The highest BCUT2D eigenvalue weighted by atomic mass is 31.2. The van der Waals surface area contributed by atoms with Crippen molar-refractivity contribution in [2.75, 3.05) is 26.4 Å². The van der Waals surface area contributed by atoms with Crippen LogP contribution in [0.15, 0.2) is 85.1 Å². The highest BCUT2D eigenvalue weighted by molar-refractivity contribution is 7.47. The second-order valence-corrected chi connectivity index (χ2v) is 16.6. The van der Waals surface area contributed by atoms with Crippen LogP contribution in [0.3, 0.4) is 0 Å². The van der Waals surface area contributed by atoms with E-state index >= 15 is 0 Å². The monoisotopic (exact) mass is 862 g/mol. The Hall–Kier alpha value is -2.85. The Balaban J connectivity index is 4.30. The van der Waals surface area contributed by atoms with E-state index in [2.05, 4.69) is 98.9 Å². The average molecular weight is 862 g/mol. The lowest BCUT2D eigenvalue weighted by molar-refractivity contribution is -0.154. The largest absolute Gasteiger partial charge is 0.480 e. The maximum Gasteiger partial charge on any atom is 0.472 e. The van der Waals surface area contributed by atoms with E-state index in [-0.39, 0.29) is 13.0 Å². The molecule has 3 atom stereocenters. The first-order chi connectivity index (χ1) is 29.2. The Morgan fingerprint density at radius 2 is 0.967 bits per heavy atom. The molecular formula is C49H84NO9P. The van der Waals surface area contributed by atoms with Crippen LogP contribution in [0, 0.1) is 0 Å². The molecule has 0 aliphatic heterocycles. The van der Waals surface area contributed by atoms with Gasteiger partial charge >= 0.3 is 19.8 Å². The molecule has 0 saturated heterocycles. The lowest BCUT2D eigenvalue weighted by atomic mass is 10.1. The first-order valence-electron chi connectivity index (χ1n) is 23.1. The fraction of sp³-hybridized carbons (Fsp3) is 0.673. The number of nitrogens with two attached hydrogens (primary N) is 1. The van der Waals surface area contributed by atoms with Crippen molar-refractivity contribution in [3.8, 4) is 0 Å². The van der Waals surface area contributed by atoms with E-state index in [1.54, 1.807) is 0 Å². The number of carboxylic acid groups (broad SMARTS) is 1. The van der Waals surface area contributed by atoms with Crippen molar-refractivity contribution in [2.45, 2.75) is 187 Å². The molecule has 0 aromatic heterocycles. The van der Waals surface area contributed by atoms with Gasteiger partial charge in [-0.25, -0.2) is 4.57 Å². The van der Waals surface area contributed by atoms with E-state index in [1.807, 2.05) is 0 Å². The number of allylic oxidation sites excluding steroid dienone is 14. The molecule has 3 unspecified atom stereocenters. The highest BCUT2D eigenvalue weighted by Crippen LogP contribution is 2.43. The van der Waals surface area contributed by atoms with Crippen molar-refractivity contribution >= 4 is 19.8 Å². The Morgan fingerprint density at radius 3 is 1.45 bits per heavy atom. The number of carboxylic acids is 1. The quantitative estimate of drug-likeness (QED) is 0.0233. The van der Waals surface area contributed by atoms with Gasteiger partial charge in [0.2, 0.25) is 0 Å². The summed E-state index contributed by atoms with van der Waals surface area (Å²) in [5.74, 6) is -1.80. The maximum atomic E-state index is 12.7. The fourth-order valence-corrected chi connectivity index (χ4v) is 6.61. The molecule has 11 heteroatoms. The third-order valence-electron chi connectivity index (χ3n) is 9.41. The molecule has 0 aliphatic carbocycles. The SMILES string of the molecule is CC/C=C\C/C=C\C/C=C\C/C=C\C/C=C\CCCCCCOCC(COP(=O)(O)OCC(N)C(=O)O)OC(=O)CCCCCCCCC/C=C\C/C=C\CCCCCC. The summed E-state index contributed by atoms with van der Waals surface area (Å²) in [7, 11) is -4.63. The standard InChI is InChI=1S/C49H84NO9P/c1-3-5-7-9-11-13-15-17-19-21-23-24-26-28-30-32-34-36-38-40-42-56-43-46(44-57-60(54,55)58-45-47(50)49(52)53)59-48(51)41-39-37-35-33-31-29-27-25-22-20-18-16-14-12-10-8-6-4-2/h5,7,11,13-14,16-17,19-20,22-24,28,30,46-47H,3-4,6,8-10,12,15,18,21,25-27,29,31-45,50H2,1-2H3,(H,52,53)(H,54,55)/b7-5-,13-11-,16-14-,19-17-,22-20-,24-23-,30-28-. The third kappa shape index (κ3) is 43.2. The molecule has 0 fully saturated rings. The zero-order valence-electron chi connectivity index (χ0n) is 37.5. The van der Waals surface area contributed by atoms with Gasteiger partial charge in [-0.2, -0.15) is 0 Å². The molecule has 0 rings (SSSR count). The van der Waals surface area contributed by atoms with Gasteiger partial charge in [0.1, 0.15) is 12.1 Å². The van der Waals surface area contributed by atoms with Crippen molar-refractivity contribution in [2.24, 2.45) is 5.73 Å². The first kappa shape index (κ1) is 57.1. The van der Waals surface area contributed by atoms with E-state index in [0.29, 0.717) is 13.0 Å². The normalized spacial score (nSPS) is 14.6. The zero-order valence-corrected chi connectivity index (χ0v) is 38.4. The molecule has 0 heterocycles. The molecule has 0 aromatic carbocycles. The summed E-state index contributed by atoms with van der Waals surface area (Å²) in [6.07, 6.45) is 56.3. The average Bonchev–Trinajstić information content (AvgIpc) is 3.23. The number of carbonyl (C=O) groups is 2. The van der Waals surface area contributed by atoms with Crippen LogP contribution in [0.5, 0.6) is 0 Å². The van der Waals surface area contributed by atoms with Crippen molar-refractivity contribution < 1.29 is 42.7 Å². The predicted molar refractivity (Wildman–Crippen MR) is 249 cm³/mol. The van der Waals surface area contributed by atoms with Gasteiger partial charge in [-0.05, 0) is 89.9 Å². The number of phosphoric ester groups is 1. The molecule has 10 nitrogen and oxygen atoms in total. The number of esters is 1. The summed E-state index contributed by atoms with van der Waals surface area (Å²) in [5, 5.41) is 8.91. The number of hydrogen-bond acceptors (Lipinski definition) is 8. The Bertz CT molecular complexity index is 1270. The minimum atomic E-state index is -4.63. The van der Waals surface area contributed by atoms with E-state index in [1.165, 1.54) is 51.4 Å². The van der Waals surface area contributed by atoms with Crippen molar-refractivity contribution in [3.05, 3.63) is 85.1 Å². The topological polar surface area (TPSA) is 155 Å². The van der Waals surface area contributed by atoms with Gasteiger partial charge in [-0.15, -0.1) is 0 Å². The predicted octanol–water partition coefficient (Wildman–Crippen LogP) is 13.1. The molecule has 0 saturated carbocycles. The Morgan fingerprint density at radius 1 is 0.550 bits per heavy atom. The molecule has 344 valence electrons. The van der Waals surface area contributed by atoms with Gasteiger partial charge in [-0.1, -0.05) is 163 Å². The summed E-state index contributed by atoms with van der Waals surface area (Å²) in [4.78, 5) is 33.6. The molecule has 0 aliphatic rings. The molecule has 4 N–H and O–H groups in total. The van der Waals surface area contributed by atoms with E-state index < -0.39 is 45.1 Å². The second-order valence-electron chi connectivity index (χ2n) is 15.1. The number of ether oxygens (including phenoxy) is 2. The first-order valence-corrected chi connectivity index (χ1v) is 24.6. The summed E-state index contributed by atoms with van der Waals surface area (Å²) in [6.45, 7) is 3.67. The van der Waals surface area contributed by atoms with Gasteiger partial charge in [0.25, 0.3) is 0 Å². The van der Waals surface area contributed by atoms with Crippen LogP contribution in [-0.2, 0) is 32.7 Å². The number of phosphoric acid groups is 1. The minimum absolute atomic E-state index is 0.00850. The minimum Gasteiger partial charge on any atom is -0.480 e. The van der Waals surface area contributed by atoms with Crippen LogP contribution in [0.25, 0.3) is 0 Å². The highest BCUT2D eigenvalue weighted by Gasteiger charge is 2.27. The van der Waals surface area contributed by atoms with Crippen LogP contribution < -0.4 is 5.73 Å². The van der Waals surface area contributed by atoms with Crippen LogP contribution in [0.1, 0.15) is 174 Å². The van der Waals surface area contributed by atoms with Crippen molar-refractivity contribution in [3.63, 3.8) is 0 Å².